The summed E-state index contributed by atoms with van der Waals surface area (Å²) in [5.41, 5.74) is 2.50. The Morgan fingerprint density at radius 2 is 1.88 bits per heavy atom. The minimum atomic E-state index is -0.245. The Morgan fingerprint density at radius 3 is 2.54 bits per heavy atom. The molecule has 0 radical (unpaired) electrons. The normalized spacial score (nSPS) is 15.3. The van der Waals surface area contributed by atoms with Crippen molar-refractivity contribution in [1.29, 1.82) is 0 Å². The number of thioether (sulfide) groups is 1. The minimum Gasteiger partial charge on any atom is -0.342 e. The molecule has 1 amide bonds. The second-order valence-electron chi connectivity index (χ2n) is 6.78. The van der Waals surface area contributed by atoms with Gasteiger partial charge in [-0.2, -0.15) is 0 Å². The molecule has 3 rings (SSSR count). The molecule has 138 valence electrons. The van der Waals surface area contributed by atoms with Gasteiger partial charge in [0.2, 0.25) is 5.91 Å². The molecule has 6 heteroatoms. The van der Waals surface area contributed by atoms with Crippen LogP contribution in [-0.2, 0) is 18.3 Å². The third-order valence-corrected chi connectivity index (χ3v) is 5.95. The molecule has 0 N–H and O–H groups in total. The molecule has 1 saturated heterocycles. The van der Waals surface area contributed by atoms with Gasteiger partial charge in [0.15, 0.2) is 5.16 Å². The van der Waals surface area contributed by atoms with E-state index in [4.69, 9.17) is 0 Å². The topological polar surface area (TPSA) is 55.2 Å². The number of rotatable bonds is 5. The van der Waals surface area contributed by atoms with Gasteiger partial charge in [0.25, 0.3) is 5.56 Å². The van der Waals surface area contributed by atoms with Gasteiger partial charge in [0, 0.05) is 37.8 Å². The number of hydrogen-bond acceptors (Lipinski definition) is 4. The third kappa shape index (κ3) is 4.01. The fourth-order valence-electron chi connectivity index (χ4n) is 3.24. The van der Waals surface area contributed by atoms with E-state index in [-0.39, 0.29) is 16.7 Å². The van der Waals surface area contributed by atoms with Gasteiger partial charge in [0.05, 0.1) is 5.25 Å². The fourth-order valence-corrected chi connectivity index (χ4v) is 4.24. The lowest BCUT2D eigenvalue weighted by Gasteiger charge is -2.20. The van der Waals surface area contributed by atoms with Crippen LogP contribution in [0.1, 0.15) is 36.6 Å². The van der Waals surface area contributed by atoms with Crippen molar-refractivity contribution in [3.05, 3.63) is 57.5 Å². The molecule has 0 bridgehead atoms. The van der Waals surface area contributed by atoms with Gasteiger partial charge in [-0.15, -0.1) is 0 Å². The molecule has 26 heavy (non-hydrogen) atoms. The number of benzene rings is 1. The summed E-state index contributed by atoms with van der Waals surface area (Å²) in [4.78, 5) is 31.9. The van der Waals surface area contributed by atoms with Gasteiger partial charge < -0.3 is 4.90 Å². The predicted octanol–water partition coefficient (Wildman–Crippen LogP) is 2.78. The Labute approximate surface area is 158 Å². The van der Waals surface area contributed by atoms with Gasteiger partial charge in [0.1, 0.15) is 0 Å². The fraction of sp³-hybridized carbons (Fsp3) is 0.450. The SMILES string of the molecule is Cc1nc(SC(C)C(=O)N2CCCC2)n(C)c(=O)c1Cc1ccccc1. The summed E-state index contributed by atoms with van der Waals surface area (Å²) in [6.07, 6.45) is 2.72. The summed E-state index contributed by atoms with van der Waals surface area (Å²) in [6, 6.07) is 9.93. The Balaban J connectivity index is 1.81. The highest BCUT2D eigenvalue weighted by molar-refractivity contribution is 8.00. The molecule has 1 aromatic heterocycles. The van der Waals surface area contributed by atoms with Crippen LogP contribution in [0.15, 0.2) is 40.3 Å². The molecular weight excluding hydrogens is 346 g/mol. The van der Waals surface area contributed by atoms with Crippen LogP contribution < -0.4 is 5.56 Å². The van der Waals surface area contributed by atoms with Crippen LogP contribution in [0.4, 0.5) is 0 Å². The van der Waals surface area contributed by atoms with Crippen molar-refractivity contribution in [1.82, 2.24) is 14.5 Å². The molecule has 1 fully saturated rings. The molecule has 2 aromatic rings. The summed E-state index contributed by atoms with van der Waals surface area (Å²) < 4.78 is 1.57. The molecule has 2 heterocycles. The third-order valence-electron chi connectivity index (χ3n) is 4.82. The standard InChI is InChI=1S/C20H25N3O2S/c1-14-17(13-16-9-5-4-6-10-16)19(25)22(3)20(21-14)26-15(2)18(24)23-11-7-8-12-23/h4-6,9-10,15H,7-8,11-13H2,1-3H3. The molecule has 0 aliphatic carbocycles. The number of aromatic nitrogens is 2. The maximum absolute atomic E-state index is 12.8. The Morgan fingerprint density at radius 1 is 1.23 bits per heavy atom. The number of hydrogen-bond donors (Lipinski definition) is 0. The van der Waals surface area contributed by atoms with Crippen LogP contribution in [0, 0.1) is 6.92 Å². The number of carbonyl (C=O) groups excluding carboxylic acids is 1. The average Bonchev–Trinajstić information content (AvgIpc) is 3.18. The van der Waals surface area contributed by atoms with Gasteiger partial charge in [-0.05, 0) is 32.3 Å². The van der Waals surface area contributed by atoms with Crippen molar-refractivity contribution in [2.45, 2.75) is 43.5 Å². The van der Waals surface area contributed by atoms with E-state index in [0.29, 0.717) is 17.1 Å². The van der Waals surface area contributed by atoms with Crippen molar-refractivity contribution in [2.24, 2.45) is 7.05 Å². The molecule has 1 atom stereocenters. The highest BCUT2D eigenvalue weighted by atomic mass is 32.2. The number of aryl methyl sites for hydroxylation is 1. The van der Waals surface area contributed by atoms with Gasteiger partial charge in [-0.3, -0.25) is 14.2 Å². The van der Waals surface area contributed by atoms with E-state index in [0.717, 1.165) is 37.2 Å². The van der Waals surface area contributed by atoms with Crippen molar-refractivity contribution >= 4 is 17.7 Å². The van der Waals surface area contributed by atoms with E-state index in [9.17, 15) is 9.59 Å². The van der Waals surface area contributed by atoms with Crippen molar-refractivity contribution < 1.29 is 4.79 Å². The van der Waals surface area contributed by atoms with Crippen molar-refractivity contribution in [3.63, 3.8) is 0 Å². The lowest BCUT2D eigenvalue weighted by Crippen LogP contribution is -2.35. The van der Waals surface area contributed by atoms with E-state index in [1.807, 2.05) is 49.1 Å². The maximum Gasteiger partial charge on any atom is 0.257 e. The zero-order valence-electron chi connectivity index (χ0n) is 15.6. The highest BCUT2D eigenvalue weighted by Gasteiger charge is 2.25. The molecule has 0 saturated carbocycles. The minimum absolute atomic E-state index is 0.0373. The summed E-state index contributed by atoms with van der Waals surface area (Å²) in [5, 5.41) is 0.356. The first kappa shape index (κ1) is 18.7. The van der Waals surface area contributed by atoms with Crippen molar-refractivity contribution in [2.75, 3.05) is 13.1 Å². The average molecular weight is 372 g/mol. The molecule has 1 aromatic carbocycles. The first-order valence-electron chi connectivity index (χ1n) is 9.03. The molecule has 1 aliphatic rings. The lowest BCUT2D eigenvalue weighted by molar-refractivity contribution is -0.129. The largest absolute Gasteiger partial charge is 0.342 e. The lowest BCUT2D eigenvalue weighted by atomic mass is 10.1. The highest BCUT2D eigenvalue weighted by Crippen LogP contribution is 2.24. The van der Waals surface area contributed by atoms with Crippen molar-refractivity contribution in [3.8, 4) is 0 Å². The molecule has 1 aliphatic heterocycles. The summed E-state index contributed by atoms with van der Waals surface area (Å²) in [5.74, 6) is 0.132. The quantitative estimate of drug-likeness (QED) is 0.599. The molecular formula is C20H25N3O2S. The molecule has 5 nitrogen and oxygen atoms in total. The Hall–Kier alpha value is -2.08. The summed E-state index contributed by atoms with van der Waals surface area (Å²) in [7, 11) is 1.73. The van der Waals surface area contributed by atoms with Gasteiger partial charge >= 0.3 is 0 Å². The van der Waals surface area contributed by atoms with E-state index in [1.165, 1.54) is 11.8 Å². The van der Waals surface area contributed by atoms with Crippen LogP contribution >= 0.6 is 11.8 Å². The number of nitrogens with zero attached hydrogens (tertiary/aromatic N) is 3. The first-order valence-corrected chi connectivity index (χ1v) is 9.91. The zero-order chi connectivity index (χ0) is 18.7. The van der Waals surface area contributed by atoms with Gasteiger partial charge in [-0.25, -0.2) is 4.98 Å². The maximum atomic E-state index is 12.8. The van der Waals surface area contributed by atoms with E-state index < -0.39 is 0 Å². The summed E-state index contributed by atoms with van der Waals surface area (Å²) >= 11 is 1.37. The summed E-state index contributed by atoms with van der Waals surface area (Å²) in [6.45, 7) is 5.44. The monoisotopic (exact) mass is 371 g/mol. The van der Waals surface area contributed by atoms with E-state index >= 15 is 0 Å². The zero-order valence-corrected chi connectivity index (χ0v) is 16.4. The smallest absolute Gasteiger partial charge is 0.257 e. The van der Waals surface area contributed by atoms with E-state index in [1.54, 1.807) is 11.6 Å². The second kappa shape index (κ2) is 8.08. The first-order chi connectivity index (χ1) is 12.5. The molecule has 0 spiro atoms. The van der Waals surface area contributed by atoms with Crippen LogP contribution in [0.5, 0.6) is 0 Å². The Bertz CT molecular complexity index is 842. The predicted molar refractivity (Wildman–Crippen MR) is 105 cm³/mol. The number of carbonyl (C=O) groups is 1. The molecule has 1 unspecified atom stereocenters. The number of amides is 1. The van der Waals surface area contributed by atoms with Crippen LogP contribution in [0.2, 0.25) is 0 Å². The van der Waals surface area contributed by atoms with Crippen LogP contribution in [0.25, 0.3) is 0 Å². The number of likely N-dealkylation sites (tertiary alicyclic amines) is 1. The van der Waals surface area contributed by atoms with Gasteiger partial charge in [-0.1, -0.05) is 42.1 Å². The second-order valence-corrected chi connectivity index (χ2v) is 8.09. The van der Waals surface area contributed by atoms with Crippen LogP contribution in [-0.4, -0.2) is 38.7 Å². The van der Waals surface area contributed by atoms with Crippen LogP contribution in [0.3, 0.4) is 0 Å². The van der Waals surface area contributed by atoms with E-state index in [2.05, 4.69) is 4.98 Å². The Kier molecular flexibility index (Phi) is 5.81.